The zero-order chi connectivity index (χ0) is 21.8. The molecule has 6 heteroatoms. The summed E-state index contributed by atoms with van der Waals surface area (Å²) in [6.45, 7) is 5.89. The first-order valence-corrected chi connectivity index (χ1v) is 12.7. The van der Waals surface area contributed by atoms with Crippen molar-refractivity contribution in [1.29, 1.82) is 0 Å². The van der Waals surface area contributed by atoms with Crippen molar-refractivity contribution in [2.45, 2.75) is 64.8 Å². The average molecular weight is 432 g/mol. The number of amides is 2. The van der Waals surface area contributed by atoms with Crippen LogP contribution in [0, 0.1) is 0 Å². The van der Waals surface area contributed by atoms with Gasteiger partial charge in [-0.15, -0.1) is 0 Å². The average Bonchev–Trinajstić information content (AvgIpc) is 3.19. The Balaban J connectivity index is 2.11. The smallest absolute Gasteiger partial charge is 0.268 e. The maximum atomic E-state index is 13.4. The standard InChI is InChI=1S/C24H37N3O2S/c1-4-6-10-15-27(16-11-7-5-2)24(29)21(14-17-30-3)26-23(28)22-18-19-12-8-9-13-20(19)25-22/h8-9,12-13,18,21,25H,4-7,10-11,14-17H2,1-3H3,(H,26,28)/t21-/m1/s1. The summed E-state index contributed by atoms with van der Waals surface area (Å²) >= 11 is 1.70. The van der Waals surface area contributed by atoms with Crippen molar-refractivity contribution in [2.24, 2.45) is 0 Å². The molecule has 0 saturated carbocycles. The number of para-hydroxylation sites is 1. The second kappa shape index (κ2) is 13.4. The lowest BCUT2D eigenvalue weighted by Gasteiger charge is -2.28. The first-order valence-electron chi connectivity index (χ1n) is 11.3. The summed E-state index contributed by atoms with van der Waals surface area (Å²) in [6.07, 6.45) is 9.20. The molecule has 0 spiro atoms. The molecule has 2 amide bonds. The van der Waals surface area contributed by atoms with Crippen LogP contribution in [0.1, 0.15) is 69.3 Å². The van der Waals surface area contributed by atoms with Gasteiger partial charge in [0.2, 0.25) is 5.91 Å². The fourth-order valence-electron chi connectivity index (χ4n) is 3.58. The lowest BCUT2D eigenvalue weighted by atomic mass is 10.1. The van der Waals surface area contributed by atoms with Crippen LogP contribution in [0.25, 0.3) is 10.9 Å². The monoisotopic (exact) mass is 431 g/mol. The fraction of sp³-hybridized carbons (Fsp3) is 0.583. The number of carbonyl (C=O) groups is 2. The van der Waals surface area contributed by atoms with Gasteiger partial charge in [0.15, 0.2) is 0 Å². The molecule has 1 heterocycles. The normalized spacial score (nSPS) is 12.1. The third-order valence-corrected chi connectivity index (χ3v) is 6.01. The summed E-state index contributed by atoms with van der Waals surface area (Å²) in [5.74, 6) is 0.676. The molecule has 1 aromatic carbocycles. The number of thioether (sulfide) groups is 1. The number of fused-ring (bicyclic) bond motifs is 1. The minimum absolute atomic E-state index is 0.0562. The van der Waals surface area contributed by atoms with Crippen LogP contribution in [-0.2, 0) is 4.79 Å². The summed E-state index contributed by atoms with van der Waals surface area (Å²) in [7, 11) is 0. The molecule has 2 N–H and O–H groups in total. The molecule has 0 bridgehead atoms. The van der Waals surface area contributed by atoms with E-state index in [1.165, 1.54) is 0 Å². The predicted octanol–water partition coefficient (Wildman–Crippen LogP) is 5.23. The van der Waals surface area contributed by atoms with E-state index in [9.17, 15) is 9.59 Å². The summed E-state index contributed by atoms with van der Waals surface area (Å²) in [5.41, 5.74) is 1.43. The van der Waals surface area contributed by atoms with Crippen LogP contribution >= 0.6 is 11.8 Å². The third-order valence-electron chi connectivity index (χ3n) is 5.36. The molecular weight excluding hydrogens is 394 g/mol. The first-order chi connectivity index (χ1) is 14.6. The highest BCUT2D eigenvalue weighted by Crippen LogP contribution is 2.15. The molecule has 0 saturated heterocycles. The van der Waals surface area contributed by atoms with E-state index in [-0.39, 0.29) is 11.8 Å². The molecule has 2 rings (SSSR count). The topological polar surface area (TPSA) is 65.2 Å². The van der Waals surface area contributed by atoms with E-state index in [4.69, 9.17) is 0 Å². The Hall–Kier alpha value is -1.95. The Labute approximate surface area is 185 Å². The van der Waals surface area contributed by atoms with Gasteiger partial charge < -0.3 is 15.2 Å². The van der Waals surface area contributed by atoms with Crippen molar-refractivity contribution in [3.63, 3.8) is 0 Å². The van der Waals surface area contributed by atoms with Crippen molar-refractivity contribution in [2.75, 3.05) is 25.1 Å². The van der Waals surface area contributed by atoms with Gasteiger partial charge in [-0.25, -0.2) is 0 Å². The molecule has 0 unspecified atom stereocenters. The van der Waals surface area contributed by atoms with Crippen LogP contribution in [0.5, 0.6) is 0 Å². The largest absolute Gasteiger partial charge is 0.351 e. The van der Waals surface area contributed by atoms with E-state index in [1.54, 1.807) is 11.8 Å². The Morgan fingerprint density at radius 1 is 1.07 bits per heavy atom. The van der Waals surface area contributed by atoms with Crippen LogP contribution in [0.3, 0.4) is 0 Å². The maximum Gasteiger partial charge on any atom is 0.268 e. The number of aromatic amines is 1. The summed E-state index contributed by atoms with van der Waals surface area (Å²) in [6, 6.07) is 9.18. The van der Waals surface area contributed by atoms with Gasteiger partial charge in [0.1, 0.15) is 11.7 Å². The van der Waals surface area contributed by atoms with E-state index in [1.807, 2.05) is 41.5 Å². The highest BCUT2D eigenvalue weighted by atomic mass is 32.2. The number of aromatic nitrogens is 1. The Morgan fingerprint density at radius 2 is 1.73 bits per heavy atom. The maximum absolute atomic E-state index is 13.4. The van der Waals surface area contributed by atoms with E-state index < -0.39 is 6.04 Å². The van der Waals surface area contributed by atoms with Crippen LogP contribution < -0.4 is 5.32 Å². The number of hydrogen-bond donors (Lipinski definition) is 2. The molecule has 0 aliphatic carbocycles. The molecule has 0 radical (unpaired) electrons. The second-order valence-corrected chi connectivity index (χ2v) is 8.80. The zero-order valence-electron chi connectivity index (χ0n) is 18.7. The van der Waals surface area contributed by atoms with Crippen molar-refractivity contribution < 1.29 is 9.59 Å². The number of benzene rings is 1. The van der Waals surface area contributed by atoms with Crippen LogP contribution in [0.2, 0.25) is 0 Å². The van der Waals surface area contributed by atoms with Gasteiger partial charge in [0, 0.05) is 24.0 Å². The van der Waals surface area contributed by atoms with Crippen molar-refractivity contribution >= 4 is 34.5 Å². The number of nitrogens with zero attached hydrogens (tertiary/aromatic N) is 1. The van der Waals surface area contributed by atoms with E-state index in [0.717, 1.165) is 68.3 Å². The first kappa shape index (κ1) is 24.3. The summed E-state index contributed by atoms with van der Waals surface area (Å²) in [5, 5.41) is 4.01. The molecule has 30 heavy (non-hydrogen) atoms. The molecule has 1 aromatic heterocycles. The number of hydrogen-bond acceptors (Lipinski definition) is 3. The Bertz CT molecular complexity index is 747. The second-order valence-electron chi connectivity index (χ2n) is 7.82. The Kier molecular flexibility index (Phi) is 10.8. The third kappa shape index (κ3) is 7.38. The lowest BCUT2D eigenvalue weighted by molar-refractivity contribution is -0.133. The number of nitrogens with one attached hydrogen (secondary N) is 2. The SMILES string of the molecule is CCCCCN(CCCCC)C(=O)[C@@H](CCSC)NC(=O)c1cc2ccccc2[nH]1. The quantitative estimate of drug-likeness (QED) is 0.403. The molecule has 0 aliphatic heterocycles. The molecular formula is C24H37N3O2S. The van der Waals surface area contributed by atoms with Crippen LogP contribution in [-0.4, -0.2) is 52.8 Å². The van der Waals surface area contributed by atoms with Crippen molar-refractivity contribution in [3.8, 4) is 0 Å². The van der Waals surface area contributed by atoms with Crippen molar-refractivity contribution in [1.82, 2.24) is 15.2 Å². The minimum atomic E-state index is -0.486. The molecule has 2 aromatic rings. The fourth-order valence-corrected chi connectivity index (χ4v) is 4.05. The summed E-state index contributed by atoms with van der Waals surface area (Å²) in [4.78, 5) is 31.4. The van der Waals surface area contributed by atoms with Gasteiger partial charge in [-0.3, -0.25) is 9.59 Å². The van der Waals surface area contributed by atoms with Crippen LogP contribution in [0.15, 0.2) is 30.3 Å². The van der Waals surface area contributed by atoms with E-state index >= 15 is 0 Å². The van der Waals surface area contributed by atoms with Gasteiger partial charge in [0.25, 0.3) is 5.91 Å². The Morgan fingerprint density at radius 3 is 2.33 bits per heavy atom. The van der Waals surface area contributed by atoms with Crippen LogP contribution in [0.4, 0.5) is 0 Å². The number of carbonyl (C=O) groups excluding carboxylic acids is 2. The molecule has 0 fully saturated rings. The highest BCUT2D eigenvalue weighted by molar-refractivity contribution is 7.98. The van der Waals surface area contributed by atoms with E-state index in [2.05, 4.69) is 24.1 Å². The van der Waals surface area contributed by atoms with E-state index in [0.29, 0.717) is 12.1 Å². The summed E-state index contributed by atoms with van der Waals surface area (Å²) < 4.78 is 0. The minimum Gasteiger partial charge on any atom is -0.351 e. The molecule has 1 atom stereocenters. The van der Waals surface area contributed by atoms with Gasteiger partial charge in [-0.1, -0.05) is 57.7 Å². The number of H-pyrrole nitrogens is 1. The molecule has 0 aliphatic rings. The van der Waals surface area contributed by atoms with Gasteiger partial charge in [-0.2, -0.15) is 11.8 Å². The number of unbranched alkanes of at least 4 members (excludes halogenated alkanes) is 4. The van der Waals surface area contributed by atoms with Gasteiger partial charge in [-0.05, 0) is 43.4 Å². The lowest BCUT2D eigenvalue weighted by Crippen LogP contribution is -2.49. The predicted molar refractivity (Wildman–Crippen MR) is 128 cm³/mol. The molecule has 166 valence electrons. The van der Waals surface area contributed by atoms with Gasteiger partial charge in [0.05, 0.1) is 0 Å². The number of rotatable bonds is 14. The van der Waals surface area contributed by atoms with Gasteiger partial charge >= 0.3 is 0 Å². The molecule has 5 nitrogen and oxygen atoms in total. The highest BCUT2D eigenvalue weighted by Gasteiger charge is 2.26. The van der Waals surface area contributed by atoms with Crippen molar-refractivity contribution in [3.05, 3.63) is 36.0 Å². The zero-order valence-corrected chi connectivity index (χ0v) is 19.5.